The van der Waals surface area contributed by atoms with Crippen LogP contribution in [0.1, 0.15) is 22.3 Å². The molecule has 0 fully saturated rings. The van der Waals surface area contributed by atoms with E-state index in [1.165, 1.54) is 0 Å². The van der Waals surface area contributed by atoms with Gasteiger partial charge < -0.3 is 15.1 Å². The average molecular weight is 303 g/mol. The maximum Gasteiger partial charge on any atom is 0.145 e. The van der Waals surface area contributed by atoms with Crippen molar-refractivity contribution in [2.45, 2.75) is 13.2 Å². The molecule has 0 saturated carbocycles. The van der Waals surface area contributed by atoms with E-state index >= 15 is 0 Å². The lowest BCUT2D eigenvalue weighted by Crippen LogP contribution is -2.06. The second kappa shape index (κ2) is 8.26. The molecule has 2 rings (SSSR count). The minimum Gasteiger partial charge on any atom is -0.392 e. The quantitative estimate of drug-likeness (QED) is 0.469. The lowest BCUT2D eigenvalue weighted by atomic mass is 10.0. The van der Waals surface area contributed by atoms with Gasteiger partial charge in [0.05, 0.1) is 13.2 Å². The molecule has 0 saturated heterocycles. The van der Waals surface area contributed by atoms with Gasteiger partial charge >= 0.3 is 0 Å². The Bertz CT molecular complexity index is 559. The minimum atomic E-state index is -0.607. The van der Waals surface area contributed by atoms with Crippen LogP contribution in [0.2, 0.25) is 0 Å². The standard InChI is InChI=1S/C17H18FNO3/c18-9-10-22-19-17(15-5-1-13(11-20)2-6-15)16-7-3-14(12-21)4-8-16/h1-8,20-21H,9-12H2. The highest BCUT2D eigenvalue weighted by Crippen LogP contribution is 2.14. The van der Waals surface area contributed by atoms with Crippen LogP contribution in [0.5, 0.6) is 0 Å². The summed E-state index contributed by atoms with van der Waals surface area (Å²) in [5.74, 6) is 0. The van der Waals surface area contributed by atoms with Gasteiger partial charge in [-0.05, 0) is 11.1 Å². The van der Waals surface area contributed by atoms with Gasteiger partial charge in [-0.15, -0.1) is 0 Å². The average Bonchev–Trinajstić information content (AvgIpc) is 2.59. The second-order valence-electron chi connectivity index (χ2n) is 4.67. The summed E-state index contributed by atoms with van der Waals surface area (Å²) in [7, 11) is 0. The van der Waals surface area contributed by atoms with Gasteiger partial charge in [-0.3, -0.25) is 0 Å². The molecule has 4 nitrogen and oxygen atoms in total. The normalized spacial score (nSPS) is 10.3. The first-order chi connectivity index (χ1) is 10.8. The van der Waals surface area contributed by atoms with Gasteiger partial charge in [0, 0.05) is 11.1 Å². The molecule has 0 atom stereocenters. The predicted octanol–water partition coefficient (Wildman–Crippen LogP) is 2.41. The van der Waals surface area contributed by atoms with E-state index < -0.39 is 6.67 Å². The van der Waals surface area contributed by atoms with Gasteiger partial charge in [0.15, 0.2) is 0 Å². The molecule has 0 bridgehead atoms. The summed E-state index contributed by atoms with van der Waals surface area (Å²) < 4.78 is 12.2. The van der Waals surface area contributed by atoms with Crippen LogP contribution in [-0.4, -0.2) is 29.2 Å². The zero-order valence-corrected chi connectivity index (χ0v) is 12.1. The molecule has 22 heavy (non-hydrogen) atoms. The smallest absolute Gasteiger partial charge is 0.145 e. The Hall–Kier alpha value is -2.24. The third kappa shape index (κ3) is 4.13. The Kier molecular flexibility index (Phi) is 6.06. The lowest BCUT2D eigenvalue weighted by molar-refractivity contribution is 0.128. The van der Waals surface area contributed by atoms with Gasteiger partial charge in [-0.2, -0.15) is 0 Å². The molecule has 0 amide bonds. The number of halogens is 1. The van der Waals surface area contributed by atoms with Crippen LogP contribution < -0.4 is 0 Å². The van der Waals surface area contributed by atoms with Crippen LogP contribution >= 0.6 is 0 Å². The largest absolute Gasteiger partial charge is 0.392 e. The van der Waals surface area contributed by atoms with Crippen molar-refractivity contribution in [1.29, 1.82) is 0 Å². The molecule has 0 aliphatic rings. The SMILES string of the molecule is OCc1ccc(C(=NOCCF)c2ccc(CO)cc2)cc1. The summed E-state index contributed by atoms with van der Waals surface area (Å²) in [4.78, 5) is 4.98. The Balaban J connectivity index is 2.33. The van der Waals surface area contributed by atoms with Gasteiger partial charge in [0.1, 0.15) is 19.0 Å². The Morgan fingerprint density at radius 2 is 1.32 bits per heavy atom. The zero-order valence-electron chi connectivity index (χ0n) is 12.1. The summed E-state index contributed by atoms with van der Waals surface area (Å²) in [5.41, 5.74) is 3.76. The van der Waals surface area contributed by atoms with E-state index in [1.54, 1.807) is 24.3 Å². The Labute approximate surface area is 128 Å². The third-order valence-electron chi connectivity index (χ3n) is 3.14. The lowest BCUT2D eigenvalue weighted by Gasteiger charge is -2.08. The molecule has 0 unspecified atom stereocenters. The van der Waals surface area contributed by atoms with E-state index in [4.69, 9.17) is 15.1 Å². The summed E-state index contributed by atoms with van der Waals surface area (Å²) in [6.45, 7) is -0.775. The second-order valence-corrected chi connectivity index (χ2v) is 4.67. The highest BCUT2D eigenvalue weighted by molar-refractivity contribution is 6.12. The van der Waals surface area contributed by atoms with Crippen molar-refractivity contribution in [3.05, 3.63) is 70.8 Å². The number of aliphatic hydroxyl groups excluding tert-OH is 2. The molecule has 0 spiro atoms. The van der Waals surface area contributed by atoms with Crippen molar-refractivity contribution in [3.63, 3.8) is 0 Å². The fraction of sp³-hybridized carbons (Fsp3) is 0.235. The molecule has 0 aliphatic heterocycles. The zero-order chi connectivity index (χ0) is 15.8. The molecule has 5 heteroatoms. The summed E-state index contributed by atoms with van der Waals surface area (Å²) in [6, 6.07) is 14.5. The molecule has 0 radical (unpaired) electrons. The molecule has 0 heterocycles. The van der Waals surface area contributed by atoms with E-state index in [1.807, 2.05) is 24.3 Å². The van der Waals surface area contributed by atoms with Gasteiger partial charge in [0.25, 0.3) is 0 Å². The number of aliphatic hydroxyl groups is 2. The maximum absolute atomic E-state index is 12.2. The Morgan fingerprint density at radius 1 is 0.864 bits per heavy atom. The summed E-state index contributed by atoms with van der Waals surface area (Å²) >= 11 is 0. The fourth-order valence-electron chi connectivity index (χ4n) is 1.95. The number of hydrogen-bond acceptors (Lipinski definition) is 4. The van der Waals surface area contributed by atoms with Crippen molar-refractivity contribution in [1.82, 2.24) is 0 Å². The first-order valence-electron chi connectivity index (χ1n) is 6.94. The topological polar surface area (TPSA) is 62.1 Å². The van der Waals surface area contributed by atoms with Crippen molar-refractivity contribution < 1.29 is 19.4 Å². The van der Waals surface area contributed by atoms with Crippen molar-refractivity contribution in [2.24, 2.45) is 5.16 Å². The number of rotatable bonds is 7. The highest BCUT2D eigenvalue weighted by atomic mass is 19.1. The number of nitrogens with zero attached hydrogens (tertiary/aromatic N) is 1. The molecule has 0 aliphatic carbocycles. The molecular formula is C17H18FNO3. The van der Waals surface area contributed by atoms with Crippen LogP contribution in [0.25, 0.3) is 0 Å². The van der Waals surface area contributed by atoms with E-state index in [2.05, 4.69) is 5.16 Å². The van der Waals surface area contributed by atoms with E-state index in [9.17, 15) is 4.39 Å². The number of hydrogen-bond donors (Lipinski definition) is 2. The van der Waals surface area contributed by atoms with E-state index in [0.717, 1.165) is 22.3 Å². The van der Waals surface area contributed by atoms with Gasteiger partial charge in [-0.25, -0.2) is 4.39 Å². The summed E-state index contributed by atoms with van der Waals surface area (Å²) in [6.07, 6.45) is 0. The van der Waals surface area contributed by atoms with E-state index in [0.29, 0.717) is 5.71 Å². The third-order valence-corrected chi connectivity index (χ3v) is 3.14. The van der Waals surface area contributed by atoms with Crippen molar-refractivity contribution in [2.75, 3.05) is 13.3 Å². The monoisotopic (exact) mass is 303 g/mol. The maximum atomic E-state index is 12.2. The highest BCUT2D eigenvalue weighted by Gasteiger charge is 2.08. The first-order valence-corrected chi connectivity index (χ1v) is 6.94. The molecule has 2 aromatic rings. The van der Waals surface area contributed by atoms with Crippen LogP contribution in [0.3, 0.4) is 0 Å². The number of benzene rings is 2. The van der Waals surface area contributed by atoms with Gasteiger partial charge in [-0.1, -0.05) is 53.7 Å². The molecule has 116 valence electrons. The Morgan fingerprint density at radius 3 is 1.68 bits per heavy atom. The van der Waals surface area contributed by atoms with Crippen molar-refractivity contribution >= 4 is 5.71 Å². The molecular weight excluding hydrogens is 285 g/mol. The van der Waals surface area contributed by atoms with Crippen molar-refractivity contribution in [3.8, 4) is 0 Å². The summed E-state index contributed by atoms with van der Waals surface area (Å²) in [5, 5.41) is 22.2. The first kappa shape index (κ1) is 16.1. The fourth-order valence-corrected chi connectivity index (χ4v) is 1.95. The number of oxime groups is 1. The minimum absolute atomic E-state index is 0.0314. The number of alkyl halides is 1. The van der Waals surface area contributed by atoms with Gasteiger partial charge in [0.2, 0.25) is 0 Å². The van der Waals surface area contributed by atoms with Crippen LogP contribution in [-0.2, 0) is 18.1 Å². The van der Waals surface area contributed by atoms with Crippen LogP contribution in [0, 0.1) is 0 Å². The molecule has 0 aromatic heterocycles. The van der Waals surface area contributed by atoms with Crippen LogP contribution in [0.15, 0.2) is 53.7 Å². The predicted molar refractivity (Wildman–Crippen MR) is 82.3 cm³/mol. The molecule has 2 aromatic carbocycles. The van der Waals surface area contributed by atoms with Crippen LogP contribution in [0.4, 0.5) is 4.39 Å². The van der Waals surface area contributed by atoms with E-state index in [-0.39, 0.29) is 19.8 Å². The molecule has 2 N–H and O–H groups in total.